The number of rotatable bonds is 1. The molecule has 0 aliphatic carbocycles. The fourth-order valence-corrected chi connectivity index (χ4v) is 1.62. The zero-order chi connectivity index (χ0) is 11.4. The molecule has 1 N–H and O–H groups in total. The Hall–Kier alpha value is -1.51. The first-order valence-corrected chi connectivity index (χ1v) is 5.28. The van der Waals surface area contributed by atoms with E-state index in [4.69, 9.17) is 0 Å². The van der Waals surface area contributed by atoms with Crippen molar-refractivity contribution in [3.63, 3.8) is 0 Å². The van der Waals surface area contributed by atoms with Gasteiger partial charge in [-0.05, 0) is 23.8 Å². The van der Waals surface area contributed by atoms with E-state index in [0.717, 1.165) is 23.4 Å². The van der Waals surface area contributed by atoms with E-state index >= 15 is 0 Å². The third kappa shape index (κ3) is 2.12. The van der Waals surface area contributed by atoms with Gasteiger partial charge in [-0.25, -0.2) is 0 Å². The molecule has 2 rings (SSSR count). The van der Waals surface area contributed by atoms with Crippen molar-refractivity contribution in [2.75, 3.05) is 19.4 Å². The normalized spacial score (nSPS) is 13.1. The lowest BCUT2D eigenvalue weighted by Crippen LogP contribution is -2.17. The van der Waals surface area contributed by atoms with Gasteiger partial charge in [0.25, 0.3) is 5.91 Å². The highest BCUT2D eigenvalue weighted by Gasteiger charge is 2.23. The van der Waals surface area contributed by atoms with E-state index in [0.29, 0.717) is 0 Å². The van der Waals surface area contributed by atoms with Crippen LogP contribution in [0.5, 0.6) is 0 Å². The number of nitrogens with one attached hydrogen (secondary N) is 1. The van der Waals surface area contributed by atoms with Crippen molar-refractivity contribution in [3.8, 4) is 0 Å². The quantitative estimate of drug-likeness (QED) is 0.765. The average Bonchev–Trinajstić information content (AvgIpc) is 2.57. The van der Waals surface area contributed by atoms with Gasteiger partial charge in [0.15, 0.2) is 0 Å². The van der Waals surface area contributed by atoms with Crippen molar-refractivity contribution in [3.05, 3.63) is 29.3 Å². The van der Waals surface area contributed by atoms with E-state index in [2.05, 4.69) is 5.32 Å². The molecule has 1 amide bonds. The summed E-state index contributed by atoms with van der Waals surface area (Å²) in [6, 6.07) is 5.83. The van der Waals surface area contributed by atoms with Crippen molar-refractivity contribution >= 4 is 11.6 Å². The van der Waals surface area contributed by atoms with Crippen molar-refractivity contribution in [2.24, 2.45) is 0 Å². The highest BCUT2D eigenvalue weighted by Crippen LogP contribution is 2.24. The number of anilines is 1. The smallest absolute Gasteiger partial charge is 0.254 e. The van der Waals surface area contributed by atoms with E-state index < -0.39 is 0 Å². The number of nitrogens with zero attached hydrogens (tertiary/aromatic N) is 1. The van der Waals surface area contributed by atoms with Crippen LogP contribution in [0.4, 0.5) is 5.69 Å². The maximum atomic E-state index is 11.5. The minimum Gasteiger partial charge on any atom is -0.388 e. The predicted molar refractivity (Wildman–Crippen MR) is 63.1 cm³/mol. The molecule has 0 spiro atoms. The Labute approximate surface area is 91.1 Å². The first-order valence-electron chi connectivity index (χ1n) is 5.28. The Balaban J connectivity index is 0.000000531. The molecule has 0 atom stereocenters. The lowest BCUT2D eigenvalue weighted by Gasteiger charge is -2.04. The molecule has 0 saturated heterocycles. The molecule has 0 aromatic heterocycles. The Morgan fingerprint density at radius 3 is 2.60 bits per heavy atom. The highest BCUT2D eigenvalue weighted by molar-refractivity contribution is 5.98. The SMILES string of the molecule is CC.CNc1ccc2c(c1)CN(C)C2=O. The molecule has 3 nitrogen and oxygen atoms in total. The van der Waals surface area contributed by atoms with E-state index in [9.17, 15) is 4.79 Å². The van der Waals surface area contributed by atoms with Gasteiger partial charge in [0.2, 0.25) is 0 Å². The zero-order valence-corrected chi connectivity index (χ0v) is 9.79. The van der Waals surface area contributed by atoms with Crippen LogP contribution in [0, 0.1) is 0 Å². The lowest BCUT2D eigenvalue weighted by molar-refractivity contribution is 0.0816. The molecule has 0 saturated carbocycles. The molecule has 1 aliphatic heterocycles. The van der Waals surface area contributed by atoms with Gasteiger partial charge in [0.05, 0.1) is 0 Å². The fraction of sp³-hybridized carbons (Fsp3) is 0.417. The minimum absolute atomic E-state index is 0.123. The molecule has 15 heavy (non-hydrogen) atoms. The molecule has 1 aromatic carbocycles. The summed E-state index contributed by atoms with van der Waals surface area (Å²) in [7, 11) is 3.70. The number of fused-ring (bicyclic) bond motifs is 1. The van der Waals surface area contributed by atoms with Gasteiger partial charge in [0.1, 0.15) is 0 Å². The van der Waals surface area contributed by atoms with Crippen LogP contribution in [0.2, 0.25) is 0 Å². The van der Waals surface area contributed by atoms with Gasteiger partial charge in [0, 0.05) is 31.9 Å². The van der Waals surface area contributed by atoms with Crippen LogP contribution >= 0.6 is 0 Å². The molecular weight excluding hydrogens is 188 g/mol. The summed E-state index contributed by atoms with van der Waals surface area (Å²) >= 11 is 0. The fourth-order valence-electron chi connectivity index (χ4n) is 1.62. The van der Waals surface area contributed by atoms with E-state index in [-0.39, 0.29) is 5.91 Å². The molecule has 82 valence electrons. The molecular formula is C12H18N2O. The molecule has 0 radical (unpaired) electrons. The van der Waals surface area contributed by atoms with E-state index in [1.807, 2.05) is 46.1 Å². The Kier molecular flexibility index (Phi) is 3.72. The molecule has 0 fully saturated rings. The van der Waals surface area contributed by atoms with Gasteiger partial charge in [-0.3, -0.25) is 4.79 Å². The van der Waals surface area contributed by atoms with Gasteiger partial charge in [-0.15, -0.1) is 0 Å². The topological polar surface area (TPSA) is 32.3 Å². The lowest BCUT2D eigenvalue weighted by atomic mass is 10.1. The molecule has 0 unspecified atom stereocenters. The van der Waals surface area contributed by atoms with Crippen LogP contribution in [-0.2, 0) is 6.54 Å². The molecule has 3 heteroatoms. The summed E-state index contributed by atoms with van der Waals surface area (Å²) in [4.78, 5) is 13.2. The van der Waals surface area contributed by atoms with E-state index in [1.165, 1.54) is 0 Å². The van der Waals surface area contributed by atoms with Crippen LogP contribution < -0.4 is 5.32 Å². The molecule has 1 aliphatic rings. The minimum atomic E-state index is 0.123. The maximum Gasteiger partial charge on any atom is 0.254 e. The van der Waals surface area contributed by atoms with Crippen LogP contribution in [0.1, 0.15) is 29.8 Å². The van der Waals surface area contributed by atoms with Crippen LogP contribution in [0.15, 0.2) is 18.2 Å². The monoisotopic (exact) mass is 206 g/mol. The first-order chi connectivity index (χ1) is 7.22. The second-order valence-corrected chi connectivity index (χ2v) is 3.28. The van der Waals surface area contributed by atoms with Crippen molar-refractivity contribution < 1.29 is 4.79 Å². The second kappa shape index (κ2) is 4.82. The van der Waals surface area contributed by atoms with Crippen molar-refractivity contribution in [1.82, 2.24) is 4.90 Å². The van der Waals surface area contributed by atoms with Crippen LogP contribution in [0.25, 0.3) is 0 Å². The number of amides is 1. The van der Waals surface area contributed by atoms with E-state index in [1.54, 1.807) is 4.90 Å². The summed E-state index contributed by atoms with van der Waals surface area (Å²) in [6.07, 6.45) is 0. The van der Waals surface area contributed by atoms with Gasteiger partial charge in [-0.2, -0.15) is 0 Å². The summed E-state index contributed by atoms with van der Waals surface area (Å²) in [5.41, 5.74) is 3.00. The molecule has 1 aromatic rings. The van der Waals surface area contributed by atoms with Gasteiger partial charge < -0.3 is 10.2 Å². The Bertz CT molecular complexity index is 361. The number of hydrogen-bond acceptors (Lipinski definition) is 2. The maximum absolute atomic E-state index is 11.5. The largest absolute Gasteiger partial charge is 0.388 e. The van der Waals surface area contributed by atoms with Crippen LogP contribution in [0.3, 0.4) is 0 Å². The Morgan fingerprint density at radius 2 is 2.00 bits per heavy atom. The second-order valence-electron chi connectivity index (χ2n) is 3.28. The third-order valence-corrected chi connectivity index (χ3v) is 2.38. The number of hydrogen-bond donors (Lipinski definition) is 1. The van der Waals surface area contributed by atoms with Gasteiger partial charge >= 0.3 is 0 Å². The van der Waals surface area contributed by atoms with Gasteiger partial charge in [-0.1, -0.05) is 13.8 Å². The summed E-state index contributed by atoms with van der Waals surface area (Å²) < 4.78 is 0. The molecule has 0 bridgehead atoms. The van der Waals surface area contributed by atoms with Crippen molar-refractivity contribution in [1.29, 1.82) is 0 Å². The summed E-state index contributed by atoms with van der Waals surface area (Å²) in [5, 5.41) is 3.06. The van der Waals surface area contributed by atoms with Crippen LogP contribution in [-0.4, -0.2) is 24.9 Å². The zero-order valence-electron chi connectivity index (χ0n) is 9.79. The first kappa shape index (κ1) is 11.6. The summed E-state index contributed by atoms with van der Waals surface area (Å²) in [5.74, 6) is 0.123. The third-order valence-electron chi connectivity index (χ3n) is 2.38. The Morgan fingerprint density at radius 1 is 1.33 bits per heavy atom. The number of carbonyl (C=O) groups excluding carboxylic acids is 1. The standard InChI is InChI=1S/C10H12N2O.C2H6/c1-11-8-3-4-9-7(5-8)6-12(2)10(9)13;1-2/h3-5,11H,6H2,1-2H3;1-2H3. The highest BCUT2D eigenvalue weighted by atomic mass is 16.2. The predicted octanol–water partition coefficient (Wildman–Crippen LogP) is 2.34. The van der Waals surface area contributed by atoms with Crippen molar-refractivity contribution in [2.45, 2.75) is 20.4 Å². The summed E-state index contributed by atoms with van der Waals surface area (Å²) in [6.45, 7) is 4.73. The number of carbonyl (C=O) groups is 1. The number of benzene rings is 1. The molecule has 1 heterocycles. The average molecular weight is 206 g/mol.